The van der Waals surface area contributed by atoms with Crippen molar-refractivity contribution in [2.24, 2.45) is 0 Å². The van der Waals surface area contributed by atoms with E-state index in [2.05, 4.69) is 11.9 Å². The second-order valence-corrected chi connectivity index (χ2v) is 4.16. The van der Waals surface area contributed by atoms with E-state index in [1.165, 1.54) is 11.3 Å². The van der Waals surface area contributed by atoms with Crippen LogP contribution in [0.25, 0.3) is 0 Å². The van der Waals surface area contributed by atoms with Crippen LogP contribution in [0.15, 0.2) is 24.8 Å². The van der Waals surface area contributed by atoms with Gasteiger partial charge in [-0.25, -0.2) is 0 Å². The van der Waals surface area contributed by atoms with Crippen LogP contribution in [0, 0.1) is 0 Å². The molecule has 2 nitrogen and oxygen atoms in total. The van der Waals surface area contributed by atoms with Crippen LogP contribution in [-0.2, 0) is 0 Å². The third-order valence-corrected chi connectivity index (χ3v) is 2.69. The first-order chi connectivity index (χ1) is 6.24. The smallest absolute Gasteiger partial charge is 0.186 e. The number of hydrogen-bond acceptors (Lipinski definition) is 3. The quantitative estimate of drug-likeness (QED) is 0.464. The minimum atomic E-state index is 0.0683. The highest BCUT2D eigenvalue weighted by molar-refractivity contribution is 7.18. The Labute approximate surface area is 86.2 Å². The maximum atomic E-state index is 11.4. The van der Waals surface area contributed by atoms with E-state index in [1.807, 2.05) is 0 Å². The van der Waals surface area contributed by atoms with Gasteiger partial charge in [-0.05, 0) is 12.1 Å². The van der Waals surface area contributed by atoms with Gasteiger partial charge in [-0.15, -0.1) is 17.9 Å². The van der Waals surface area contributed by atoms with Crippen molar-refractivity contribution in [3.8, 4) is 0 Å². The molecule has 13 heavy (non-hydrogen) atoms. The molecule has 0 aliphatic heterocycles. The van der Waals surface area contributed by atoms with E-state index < -0.39 is 0 Å². The molecule has 0 aliphatic carbocycles. The molecule has 0 radical (unpaired) electrons. The Morgan fingerprint density at radius 1 is 1.69 bits per heavy atom. The van der Waals surface area contributed by atoms with Crippen molar-refractivity contribution in [3.63, 3.8) is 0 Å². The molecule has 4 heteroatoms. The predicted molar refractivity (Wildman–Crippen MR) is 56.7 cm³/mol. The van der Waals surface area contributed by atoms with E-state index in [0.717, 1.165) is 0 Å². The molecule has 0 amide bonds. The summed E-state index contributed by atoms with van der Waals surface area (Å²) in [5, 5.41) is 2.94. The first-order valence-electron chi connectivity index (χ1n) is 3.84. The Balaban J connectivity index is 2.44. The Morgan fingerprint density at radius 3 is 3.00 bits per heavy atom. The lowest BCUT2D eigenvalue weighted by Gasteiger charge is -1.97. The summed E-state index contributed by atoms with van der Waals surface area (Å²) in [7, 11) is 0. The topological polar surface area (TPSA) is 29.1 Å². The summed E-state index contributed by atoms with van der Waals surface area (Å²) in [6, 6.07) is 3.47. The lowest BCUT2D eigenvalue weighted by molar-refractivity contribution is 0.0996. The summed E-state index contributed by atoms with van der Waals surface area (Å²) in [6.45, 7) is 4.52. The van der Waals surface area contributed by atoms with Crippen LogP contribution < -0.4 is 5.32 Å². The van der Waals surface area contributed by atoms with Crippen LogP contribution in [0.5, 0.6) is 0 Å². The van der Waals surface area contributed by atoms with Crippen molar-refractivity contribution >= 4 is 28.7 Å². The van der Waals surface area contributed by atoms with Crippen molar-refractivity contribution < 1.29 is 4.79 Å². The second kappa shape index (κ2) is 5.17. The highest BCUT2D eigenvalue weighted by Crippen LogP contribution is 2.21. The van der Waals surface area contributed by atoms with Gasteiger partial charge < -0.3 is 5.32 Å². The van der Waals surface area contributed by atoms with Gasteiger partial charge in [0, 0.05) is 6.54 Å². The van der Waals surface area contributed by atoms with E-state index in [0.29, 0.717) is 22.3 Å². The summed E-state index contributed by atoms with van der Waals surface area (Å²) >= 11 is 7.00. The van der Waals surface area contributed by atoms with Crippen molar-refractivity contribution in [2.75, 3.05) is 13.1 Å². The third-order valence-electron chi connectivity index (χ3n) is 1.42. The number of halogens is 1. The van der Waals surface area contributed by atoms with Gasteiger partial charge in [0.2, 0.25) is 0 Å². The van der Waals surface area contributed by atoms with Crippen LogP contribution in [0.2, 0.25) is 4.34 Å². The van der Waals surface area contributed by atoms with Crippen molar-refractivity contribution in [2.45, 2.75) is 0 Å². The highest BCUT2D eigenvalue weighted by Gasteiger charge is 2.06. The summed E-state index contributed by atoms with van der Waals surface area (Å²) in [6.07, 6.45) is 1.72. The van der Waals surface area contributed by atoms with Crippen LogP contribution >= 0.6 is 22.9 Å². The Kier molecular flexibility index (Phi) is 4.15. The first-order valence-corrected chi connectivity index (χ1v) is 5.03. The molecule has 0 atom stereocenters. The van der Waals surface area contributed by atoms with Gasteiger partial charge in [0.1, 0.15) is 0 Å². The Morgan fingerprint density at radius 2 is 2.46 bits per heavy atom. The molecule has 1 rings (SSSR count). The molecule has 0 saturated heterocycles. The van der Waals surface area contributed by atoms with Crippen LogP contribution in [0.4, 0.5) is 0 Å². The van der Waals surface area contributed by atoms with Crippen LogP contribution in [-0.4, -0.2) is 18.9 Å². The fraction of sp³-hybridized carbons (Fsp3) is 0.222. The predicted octanol–water partition coefficient (Wildman–Crippen LogP) is 2.36. The SMILES string of the molecule is C=CCNCC(=O)c1ccc(Cl)s1. The fourth-order valence-electron chi connectivity index (χ4n) is 0.839. The van der Waals surface area contributed by atoms with Crippen LogP contribution in [0.3, 0.4) is 0 Å². The lowest BCUT2D eigenvalue weighted by Crippen LogP contribution is -2.22. The minimum absolute atomic E-state index is 0.0683. The van der Waals surface area contributed by atoms with Gasteiger partial charge >= 0.3 is 0 Å². The monoisotopic (exact) mass is 215 g/mol. The Bertz CT molecular complexity index is 308. The number of ketones is 1. The number of nitrogens with one attached hydrogen (secondary N) is 1. The second-order valence-electron chi connectivity index (χ2n) is 2.45. The van der Waals surface area contributed by atoms with Gasteiger partial charge in [0.15, 0.2) is 5.78 Å². The van der Waals surface area contributed by atoms with Crippen LogP contribution in [0.1, 0.15) is 9.67 Å². The highest BCUT2D eigenvalue weighted by atomic mass is 35.5. The number of thiophene rings is 1. The molecule has 0 saturated carbocycles. The molecular formula is C9H10ClNOS. The summed E-state index contributed by atoms with van der Waals surface area (Å²) < 4.78 is 0.645. The van der Waals surface area contributed by atoms with E-state index in [-0.39, 0.29) is 5.78 Å². The van der Waals surface area contributed by atoms with Crippen molar-refractivity contribution in [1.29, 1.82) is 0 Å². The summed E-state index contributed by atoms with van der Waals surface area (Å²) in [5.41, 5.74) is 0. The molecule has 0 aliphatic rings. The average molecular weight is 216 g/mol. The van der Waals surface area contributed by atoms with Gasteiger partial charge in [-0.2, -0.15) is 0 Å². The summed E-state index contributed by atoms with van der Waals surface area (Å²) in [4.78, 5) is 12.1. The van der Waals surface area contributed by atoms with Crippen molar-refractivity contribution in [1.82, 2.24) is 5.32 Å². The maximum Gasteiger partial charge on any atom is 0.186 e. The maximum absolute atomic E-state index is 11.4. The number of Topliss-reactive ketones (excluding diaryl/α,β-unsaturated/α-hetero) is 1. The molecule has 0 spiro atoms. The summed E-state index contributed by atoms with van der Waals surface area (Å²) in [5.74, 6) is 0.0683. The normalized spacial score (nSPS) is 9.92. The largest absolute Gasteiger partial charge is 0.306 e. The average Bonchev–Trinajstić information content (AvgIpc) is 2.52. The zero-order valence-electron chi connectivity index (χ0n) is 7.05. The standard InChI is InChI=1S/C9H10ClNOS/c1-2-5-11-6-7(12)8-3-4-9(10)13-8/h2-4,11H,1,5-6H2. The number of carbonyl (C=O) groups is 1. The van der Waals surface area contributed by atoms with Gasteiger partial charge in [-0.1, -0.05) is 17.7 Å². The molecule has 0 fully saturated rings. The first kappa shape index (κ1) is 10.4. The third kappa shape index (κ3) is 3.30. The molecule has 1 N–H and O–H groups in total. The minimum Gasteiger partial charge on any atom is -0.306 e. The van der Waals surface area contributed by atoms with Gasteiger partial charge in [-0.3, -0.25) is 4.79 Å². The molecule has 0 aromatic carbocycles. The van der Waals surface area contributed by atoms with E-state index in [4.69, 9.17) is 11.6 Å². The van der Waals surface area contributed by atoms with Crippen molar-refractivity contribution in [3.05, 3.63) is 34.0 Å². The molecule has 1 aromatic heterocycles. The van der Waals surface area contributed by atoms with Gasteiger partial charge in [0.25, 0.3) is 0 Å². The fourth-order valence-corrected chi connectivity index (χ4v) is 1.82. The number of rotatable bonds is 5. The molecule has 0 bridgehead atoms. The van der Waals surface area contributed by atoms with E-state index in [1.54, 1.807) is 18.2 Å². The molecule has 1 aromatic rings. The molecule has 1 heterocycles. The zero-order chi connectivity index (χ0) is 9.68. The molecule has 70 valence electrons. The Hall–Kier alpha value is -0.640. The molecular weight excluding hydrogens is 206 g/mol. The number of carbonyl (C=O) groups excluding carboxylic acids is 1. The van der Waals surface area contributed by atoms with E-state index in [9.17, 15) is 4.79 Å². The zero-order valence-corrected chi connectivity index (χ0v) is 8.62. The number of hydrogen-bond donors (Lipinski definition) is 1. The molecule has 0 unspecified atom stereocenters. The lowest BCUT2D eigenvalue weighted by atomic mass is 10.3. The van der Waals surface area contributed by atoms with Gasteiger partial charge in [0.05, 0.1) is 15.8 Å². The van der Waals surface area contributed by atoms with E-state index >= 15 is 0 Å².